The summed E-state index contributed by atoms with van der Waals surface area (Å²) in [5.74, 6) is 0. The first-order valence-corrected chi connectivity index (χ1v) is 1.85. The second kappa shape index (κ2) is 6.42. The summed E-state index contributed by atoms with van der Waals surface area (Å²) in [6.07, 6.45) is 0. The molecular formula is H3AlClKO4. The van der Waals surface area contributed by atoms with Crippen LogP contribution in [0.4, 0.5) is 0 Å². The van der Waals surface area contributed by atoms with E-state index in [1.807, 2.05) is 0 Å². The first-order valence-electron chi connectivity index (χ1n) is 0.617. The quantitative estimate of drug-likeness (QED) is 0.336. The molecule has 7 heavy (non-hydrogen) atoms. The van der Waals surface area contributed by atoms with Crippen LogP contribution in [0.5, 0.6) is 0 Å². The fourth-order valence-electron chi connectivity index (χ4n) is 0. The van der Waals surface area contributed by atoms with E-state index in [0.29, 0.717) is 0 Å². The molecule has 0 aromatic rings. The Balaban J connectivity index is -0.0000000800. The van der Waals surface area contributed by atoms with Crippen LogP contribution in [-0.4, -0.2) is 17.4 Å². The van der Waals surface area contributed by atoms with Gasteiger partial charge in [-0.25, -0.2) is 18.6 Å². The van der Waals surface area contributed by atoms with E-state index < -0.39 is 10.2 Å². The maximum Gasteiger partial charge on any atom is 1.00 e. The summed E-state index contributed by atoms with van der Waals surface area (Å²) in [5.41, 5.74) is 0. The van der Waals surface area contributed by atoms with Crippen molar-refractivity contribution in [2.24, 2.45) is 0 Å². The van der Waals surface area contributed by atoms with E-state index >= 15 is 0 Å². The largest absolute Gasteiger partial charge is 1.00 e. The molecule has 0 N–H and O–H groups in total. The minimum absolute atomic E-state index is 0. The van der Waals surface area contributed by atoms with Crippen molar-refractivity contribution in [1.29, 1.82) is 0 Å². The van der Waals surface area contributed by atoms with E-state index in [9.17, 15) is 0 Å². The molecule has 0 aliphatic heterocycles. The van der Waals surface area contributed by atoms with Gasteiger partial charge in [0.15, 0.2) is 17.4 Å². The average molecular weight is 169 g/mol. The molecule has 0 saturated heterocycles. The molecule has 0 bridgehead atoms. The van der Waals surface area contributed by atoms with Gasteiger partial charge in [0.2, 0.25) is 0 Å². The Morgan fingerprint density at radius 3 is 0.857 bits per heavy atom. The normalized spacial score (nSPS) is 8.57. The third-order valence-electron chi connectivity index (χ3n) is 0. The molecule has 0 amide bonds. The van der Waals surface area contributed by atoms with Gasteiger partial charge in [0, 0.05) is 0 Å². The second-order valence-corrected chi connectivity index (χ2v) is 1.13. The van der Waals surface area contributed by atoms with Gasteiger partial charge in [-0.3, -0.25) is 0 Å². The predicted octanol–water partition coefficient (Wildman–Crippen LogP) is -8.94. The number of hydrogen-bond acceptors (Lipinski definition) is 4. The van der Waals surface area contributed by atoms with Crippen LogP contribution in [0.1, 0.15) is 0 Å². The molecule has 0 aliphatic carbocycles. The van der Waals surface area contributed by atoms with Crippen LogP contribution >= 0.6 is 0 Å². The number of rotatable bonds is 0. The summed E-state index contributed by atoms with van der Waals surface area (Å²) in [6.45, 7) is 0. The van der Waals surface area contributed by atoms with Gasteiger partial charge >= 0.3 is 51.4 Å². The molecule has 7 heteroatoms. The van der Waals surface area contributed by atoms with Crippen molar-refractivity contribution in [3.63, 3.8) is 0 Å². The third-order valence-corrected chi connectivity index (χ3v) is 0. The molecule has 0 aromatic heterocycles. The van der Waals surface area contributed by atoms with E-state index in [2.05, 4.69) is 0 Å². The summed E-state index contributed by atoms with van der Waals surface area (Å²) >= 11 is 0. The minimum atomic E-state index is -4.94. The smallest absolute Gasteiger partial charge is 0.222 e. The molecule has 0 rings (SSSR count). The standard InChI is InChI=1S/Al.ClHO4.K.3H/c;2-1(3,4)5;;;;/h;(H,2,3,4,5);;;;/q;;+1;;;/p-1. The van der Waals surface area contributed by atoms with Crippen LogP contribution < -0.4 is 70.0 Å². The summed E-state index contributed by atoms with van der Waals surface area (Å²) in [4.78, 5) is 0. The number of halogens is 1. The van der Waals surface area contributed by atoms with Gasteiger partial charge in [0.05, 0.1) is 0 Å². The number of hydrogen-bond donors (Lipinski definition) is 0. The first-order chi connectivity index (χ1) is 2.00. The van der Waals surface area contributed by atoms with Gasteiger partial charge < -0.3 is 0 Å². The van der Waals surface area contributed by atoms with E-state index in [1.54, 1.807) is 0 Å². The summed E-state index contributed by atoms with van der Waals surface area (Å²) in [6, 6.07) is 0. The summed E-state index contributed by atoms with van der Waals surface area (Å²) in [5, 5.41) is 0. The van der Waals surface area contributed by atoms with Crippen molar-refractivity contribution in [3.05, 3.63) is 0 Å². The molecule has 0 aromatic carbocycles. The second-order valence-electron chi connectivity index (χ2n) is 0.378. The van der Waals surface area contributed by atoms with Crippen molar-refractivity contribution in [1.82, 2.24) is 0 Å². The molecule has 0 aliphatic rings. The maximum absolute atomic E-state index is 8.49. The van der Waals surface area contributed by atoms with Crippen LogP contribution in [0.25, 0.3) is 0 Å². The van der Waals surface area contributed by atoms with Gasteiger partial charge in [0.25, 0.3) is 0 Å². The fraction of sp³-hybridized carbons (Fsp3) is 0. The van der Waals surface area contributed by atoms with Gasteiger partial charge in [-0.2, -0.15) is 0 Å². The molecule has 0 heterocycles. The van der Waals surface area contributed by atoms with Gasteiger partial charge in [0.1, 0.15) is 0 Å². The zero-order chi connectivity index (χ0) is 4.50. The Kier molecular flexibility index (Phi) is 14.8. The molecular weight excluding hydrogens is 166 g/mol. The van der Waals surface area contributed by atoms with Crippen LogP contribution in [0, 0.1) is 10.2 Å². The van der Waals surface area contributed by atoms with Crippen LogP contribution in [-0.2, 0) is 0 Å². The maximum atomic E-state index is 8.49. The van der Waals surface area contributed by atoms with Gasteiger partial charge in [-0.15, -0.1) is 10.2 Å². The first kappa shape index (κ1) is 16.1. The summed E-state index contributed by atoms with van der Waals surface area (Å²) in [7, 11) is -4.94. The Bertz CT molecular complexity index is 27.2. The Morgan fingerprint density at radius 2 is 0.857 bits per heavy atom. The zero-order valence-corrected chi connectivity index (χ0v) is 6.89. The molecule has 0 radical (unpaired) electrons. The van der Waals surface area contributed by atoms with Crippen molar-refractivity contribution in [3.8, 4) is 0 Å². The molecule has 0 atom stereocenters. The van der Waals surface area contributed by atoms with Crippen LogP contribution in [0.2, 0.25) is 0 Å². The molecule has 0 fully saturated rings. The van der Waals surface area contributed by atoms with E-state index in [1.165, 1.54) is 0 Å². The van der Waals surface area contributed by atoms with Crippen molar-refractivity contribution in [2.45, 2.75) is 0 Å². The van der Waals surface area contributed by atoms with Crippen molar-refractivity contribution >= 4 is 17.4 Å². The van der Waals surface area contributed by atoms with Crippen molar-refractivity contribution in [2.75, 3.05) is 0 Å². The molecule has 0 unspecified atom stereocenters. The van der Waals surface area contributed by atoms with E-state index in [-0.39, 0.29) is 68.7 Å². The van der Waals surface area contributed by atoms with E-state index in [4.69, 9.17) is 18.6 Å². The average Bonchev–Trinajstić information content (AvgIpc) is 0.722. The molecule has 38 valence electrons. The Morgan fingerprint density at radius 1 is 0.857 bits per heavy atom. The van der Waals surface area contributed by atoms with Crippen LogP contribution in [0.3, 0.4) is 0 Å². The summed E-state index contributed by atoms with van der Waals surface area (Å²) < 4.78 is 34.0. The monoisotopic (exact) mass is 168 g/mol. The zero-order valence-electron chi connectivity index (χ0n) is 3.01. The van der Waals surface area contributed by atoms with Gasteiger partial charge in [-0.05, 0) is 0 Å². The van der Waals surface area contributed by atoms with Crippen molar-refractivity contribution < 1.29 is 80.3 Å². The molecule has 4 nitrogen and oxygen atoms in total. The Hall–Kier alpha value is 2.30. The predicted molar refractivity (Wildman–Crippen MR) is 9.94 cm³/mol. The van der Waals surface area contributed by atoms with Gasteiger partial charge in [-0.1, -0.05) is 0 Å². The van der Waals surface area contributed by atoms with Crippen LogP contribution in [0.15, 0.2) is 0 Å². The molecule has 0 spiro atoms. The molecule has 0 saturated carbocycles. The third kappa shape index (κ3) is 62.3. The Labute approximate surface area is 95.8 Å². The topological polar surface area (TPSA) is 92.2 Å². The minimum Gasteiger partial charge on any atom is -0.222 e. The van der Waals surface area contributed by atoms with E-state index in [0.717, 1.165) is 0 Å². The SMILES string of the molecule is [AlH3].[K+].[O-][Cl+3]([O-])([O-])[O-]. The fourth-order valence-corrected chi connectivity index (χ4v) is 0.